The van der Waals surface area contributed by atoms with Crippen LogP contribution < -0.4 is 0 Å². The van der Waals surface area contributed by atoms with E-state index < -0.39 is 0 Å². The summed E-state index contributed by atoms with van der Waals surface area (Å²) < 4.78 is 0. The molecule has 1 heterocycles. The summed E-state index contributed by atoms with van der Waals surface area (Å²) in [5, 5.41) is 9.55. The van der Waals surface area contributed by atoms with E-state index in [-0.39, 0.29) is 6.10 Å². The summed E-state index contributed by atoms with van der Waals surface area (Å²) in [6, 6.07) is 0. The lowest BCUT2D eigenvalue weighted by Gasteiger charge is -2.33. The minimum Gasteiger partial charge on any atom is -0.392 e. The van der Waals surface area contributed by atoms with Crippen molar-refractivity contribution >= 4 is 0 Å². The van der Waals surface area contributed by atoms with E-state index >= 15 is 0 Å². The maximum atomic E-state index is 9.55. The van der Waals surface area contributed by atoms with Crippen LogP contribution in [0, 0.1) is 5.92 Å². The fourth-order valence-electron chi connectivity index (χ4n) is 2.58. The van der Waals surface area contributed by atoms with Gasteiger partial charge >= 0.3 is 0 Å². The molecule has 2 heteroatoms. The molecule has 0 bridgehead atoms. The maximum absolute atomic E-state index is 9.55. The van der Waals surface area contributed by atoms with Gasteiger partial charge in [-0.15, -0.1) is 0 Å². The smallest absolute Gasteiger partial charge is 0.0667 e. The van der Waals surface area contributed by atoms with Crippen LogP contribution in [0.4, 0.5) is 0 Å². The van der Waals surface area contributed by atoms with Crippen LogP contribution in [0.1, 0.15) is 32.1 Å². The predicted octanol–water partition coefficient (Wildman–Crippen LogP) is 1.80. The van der Waals surface area contributed by atoms with Crippen molar-refractivity contribution in [3.8, 4) is 0 Å². The Morgan fingerprint density at radius 2 is 2.21 bits per heavy atom. The molecule has 80 valence electrons. The molecule has 0 spiro atoms. The Morgan fingerprint density at radius 1 is 1.29 bits per heavy atom. The molecule has 0 aromatic carbocycles. The third kappa shape index (κ3) is 2.82. The van der Waals surface area contributed by atoms with Gasteiger partial charge in [0.1, 0.15) is 0 Å². The van der Waals surface area contributed by atoms with Crippen LogP contribution in [0.2, 0.25) is 0 Å². The molecule has 0 aromatic heterocycles. The highest BCUT2D eigenvalue weighted by atomic mass is 16.3. The lowest BCUT2D eigenvalue weighted by molar-refractivity contribution is 0.0612. The maximum Gasteiger partial charge on any atom is 0.0667 e. The van der Waals surface area contributed by atoms with Gasteiger partial charge in [-0.2, -0.15) is 0 Å². The second kappa shape index (κ2) is 4.94. The van der Waals surface area contributed by atoms with Crippen molar-refractivity contribution in [3.63, 3.8) is 0 Å². The summed E-state index contributed by atoms with van der Waals surface area (Å²) in [6.07, 6.45) is 10.5. The monoisotopic (exact) mass is 195 g/mol. The van der Waals surface area contributed by atoms with Crippen LogP contribution in [0.25, 0.3) is 0 Å². The normalized spacial score (nSPS) is 34.6. The highest BCUT2D eigenvalue weighted by Gasteiger charge is 2.20. The average molecular weight is 195 g/mol. The third-order valence-electron chi connectivity index (χ3n) is 3.37. The molecular weight excluding hydrogens is 174 g/mol. The first kappa shape index (κ1) is 10.2. The lowest BCUT2D eigenvalue weighted by Crippen LogP contribution is -2.41. The van der Waals surface area contributed by atoms with Crippen LogP contribution in [-0.4, -0.2) is 35.7 Å². The number of piperidine rings is 1. The van der Waals surface area contributed by atoms with Gasteiger partial charge in [0.05, 0.1) is 6.10 Å². The Hall–Kier alpha value is -0.340. The molecule has 1 aliphatic heterocycles. The molecule has 0 radical (unpaired) electrons. The third-order valence-corrected chi connectivity index (χ3v) is 3.37. The van der Waals surface area contributed by atoms with Crippen molar-refractivity contribution in [2.45, 2.75) is 38.2 Å². The molecule has 0 aromatic rings. The van der Waals surface area contributed by atoms with Gasteiger partial charge in [0.15, 0.2) is 0 Å². The Bertz CT molecular complexity index is 202. The highest BCUT2D eigenvalue weighted by Crippen LogP contribution is 2.21. The summed E-state index contributed by atoms with van der Waals surface area (Å²) in [5.74, 6) is 0.838. The van der Waals surface area contributed by atoms with Gasteiger partial charge in [-0.25, -0.2) is 0 Å². The molecular formula is C12H21NO. The van der Waals surface area contributed by atoms with Crippen molar-refractivity contribution in [3.05, 3.63) is 12.2 Å². The zero-order chi connectivity index (χ0) is 9.80. The lowest BCUT2D eigenvalue weighted by atomic mass is 9.93. The molecule has 1 aliphatic carbocycles. The largest absolute Gasteiger partial charge is 0.392 e. The van der Waals surface area contributed by atoms with E-state index in [0.29, 0.717) is 0 Å². The molecule has 0 saturated carbocycles. The molecule has 2 atom stereocenters. The van der Waals surface area contributed by atoms with Crippen LogP contribution in [-0.2, 0) is 0 Å². The number of rotatable bonds is 2. The van der Waals surface area contributed by atoms with Crippen LogP contribution >= 0.6 is 0 Å². The first-order chi connectivity index (χ1) is 6.84. The van der Waals surface area contributed by atoms with Gasteiger partial charge in [0, 0.05) is 13.1 Å². The number of β-amino-alcohol motifs (C(OH)–C–C–N with tert-alkyl or cyclic N) is 1. The highest BCUT2D eigenvalue weighted by molar-refractivity contribution is 4.91. The fraction of sp³-hybridized carbons (Fsp3) is 0.833. The molecule has 1 fully saturated rings. The Kier molecular flexibility index (Phi) is 3.60. The second-order valence-corrected chi connectivity index (χ2v) is 4.71. The van der Waals surface area contributed by atoms with Gasteiger partial charge in [-0.05, 0) is 44.6 Å². The minimum absolute atomic E-state index is 0.0668. The van der Waals surface area contributed by atoms with E-state index in [1.807, 2.05) is 0 Å². The van der Waals surface area contributed by atoms with Gasteiger partial charge in [-0.1, -0.05) is 12.2 Å². The first-order valence-electron chi connectivity index (χ1n) is 5.90. The molecule has 14 heavy (non-hydrogen) atoms. The summed E-state index contributed by atoms with van der Waals surface area (Å²) in [5.41, 5.74) is 0. The Labute approximate surface area is 86.6 Å². The average Bonchev–Trinajstić information content (AvgIpc) is 2.19. The zero-order valence-electron chi connectivity index (χ0n) is 8.86. The number of likely N-dealkylation sites (tertiary alicyclic amines) is 1. The Balaban J connectivity index is 1.75. The van der Waals surface area contributed by atoms with Crippen LogP contribution in [0.15, 0.2) is 12.2 Å². The van der Waals surface area contributed by atoms with E-state index in [2.05, 4.69) is 17.1 Å². The molecule has 1 N–H and O–H groups in total. The summed E-state index contributed by atoms with van der Waals surface area (Å²) >= 11 is 0. The van der Waals surface area contributed by atoms with Crippen molar-refractivity contribution in [2.24, 2.45) is 5.92 Å². The summed E-state index contributed by atoms with van der Waals surface area (Å²) in [7, 11) is 0. The summed E-state index contributed by atoms with van der Waals surface area (Å²) in [6.45, 7) is 3.29. The topological polar surface area (TPSA) is 23.5 Å². The second-order valence-electron chi connectivity index (χ2n) is 4.71. The van der Waals surface area contributed by atoms with Crippen molar-refractivity contribution in [1.82, 2.24) is 4.90 Å². The number of nitrogens with zero attached hydrogens (tertiary/aromatic N) is 1. The zero-order valence-corrected chi connectivity index (χ0v) is 8.86. The Morgan fingerprint density at radius 3 is 2.93 bits per heavy atom. The molecule has 2 rings (SSSR count). The van der Waals surface area contributed by atoms with Crippen LogP contribution in [0.5, 0.6) is 0 Å². The number of aliphatic hydroxyl groups is 1. The standard InChI is InChI=1S/C12H21NO/c14-12-7-4-8-13(10-12)9-11-5-2-1-3-6-11/h1-2,11-12,14H,3-10H2/t11-,12-/m1/s1. The number of aliphatic hydroxyl groups excluding tert-OH is 1. The van der Waals surface area contributed by atoms with E-state index in [4.69, 9.17) is 0 Å². The van der Waals surface area contributed by atoms with Gasteiger partial charge < -0.3 is 10.0 Å². The summed E-state index contributed by atoms with van der Waals surface area (Å²) in [4.78, 5) is 2.44. The number of allylic oxidation sites excluding steroid dienone is 2. The van der Waals surface area contributed by atoms with Gasteiger partial charge in [0.25, 0.3) is 0 Å². The van der Waals surface area contributed by atoms with E-state index in [1.54, 1.807) is 0 Å². The SMILES string of the molecule is O[C@@H]1CCCN(C[C@@H]2CC=CCC2)C1. The fourth-order valence-corrected chi connectivity index (χ4v) is 2.58. The molecule has 2 nitrogen and oxygen atoms in total. The number of hydrogen-bond acceptors (Lipinski definition) is 2. The molecule has 0 amide bonds. The molecule has 1 saturated heterocycles. The predicted molar refractivity (Wildman–Crippen MR) is 58.2 cm³/mol. The first-order valence-corrected chi connectivity index (χ1v) is 5.90. The van der Waals surface area contributed by atoms with Crippen molar-refractivity contribution < 1.29 is 5.11 Å². The van der Waals surface area contributed by atoms with E-state index in [9.17, 15) is 5.11 Å². The van der Waals surface area contributed by atoms with Gasteiger partial charge in [-0.3, -0.25) is 0 Å². The quantitative estimate of drug-likeness (QED) is 0.679. The minimum atomic E-state index is -0.0668. The van der Waals surface area contributed by atoms with E-state index in [0.717, 1.165) is 18.9 Å². The van der Waals surface area contributed by atoms with Gasteiger partial charge in [0.2, 0.25) is 0 Å². The van der Waals surface area contributed by atoms with Crippen molar-refractivity contribution in [1.29, 1.82) is 0 Å². The molecule has 2 aliphatic rings. The van der Waals surface area contributed by atoms with Crippen LogP contribution in [0.3, 0.4) is 0 Å². The van der Waals surface area contributed by atoms with Crippen molar-refractivity contribution in [2.75, 3.05) is 19.6 Å². The molecule has 0 unspecified atom stereocenters. The number of hydrogen-bond donors (Lipinski definition) is 1. The van der Waals surface area contributed by atoms with E-state index in [1.165, 1.54) is 38.8 Å².